The summed E-state index contributed by atoms with van der Waals surface area (Å²) in [5, 5.41) is 17.6. The predicted octanol–water partition coefficient (Wildman–Crippen LogP) is 2.08. The van der Waals surface area contributed by atoms with Gasteiger partial charge in [-0.05, 0) is 30.3 Å². The van der Waals surface area contributed by atoms with Gasteiger partial charge in [-0.3, -0.25) is 9.48 Å². The van der Waals surface area contributed by atoms with Crippen molar-refractivity contribution in [3.8, 4) is 11.3 Å². The van der Waals surface area contributed by atoms with Crippen LogP contribution >= 0.6 is 0 Å². The van der Waals surface area contributed by atoms with Crippen LogP contribution in [-0.2, 0) is 18.2 Å². The second-order valence-corrected chi connectivity index (χ2v) is 7.49. The zero-order chi connectivity index (χ0) is 21.2. The number of morpholine rings is 1. The van der Waals surface area contributed by atoms with E-state index in [9.17, 15) is 4.79 Å². The molecular weight excluding hydrogens is 394 g/mol. The summed E-state index contributed by atoms with van der Waals surface area (Å²) in [6.45, 7) is 2.88. The molecule has 9 nitrogen and oxygen atoms in total. The van der Waals surface area contributed by atoms with E-state index in [0.29, 0.717) is 24.5 Å². The first-order valence-corrected chi connectivity index (χ1v) is 10.1. The van der Waals surface area contributed by atoms with Gasteiger partial charge in [0.05, 0.1) is 37.0 Å². The minimum atomic E-state index is -0.0179. The van der Waals surface area contributed by atoms with Gasteiger partial charge in [-0.2, -0.15) is 10.2 Å². The van der Waals surface area contributed by atoms with E-state index < -0.39 is 0 Å². The molecule has 1 saturated heterocycles. The molecule has 5 rings (SSSR count). The van der Waals surface area contributed by atoms with Crippen molar-refractivity contribution in [1.29, 1.82) is 0 Å². The Morgan fingerprint density at radius 1 is 1.06 bits per heavy atom. The average molecular weight is 415 g/mol. The van der Waals surface area contributed by atoms with Crippen molar-refractivity contribution in [2.45, 2.75) is 6.42 Å². The molecule has 0 bridgehead atoms. The van der Waals surface area contributed by atoms with E-state index in [0.717, 1.165) is 41.1 Å². The van der Waals surface area contributed by atoms with Crippen LogP contribution in [0.4, 0.5) is 5.82 Å². The molecule has 1 aliphatic heterocycles. The second-order valence-electron chi connectivity index (χ2n) is 7.49. The maximum absolute atomic E-state index is 12.9. The molecule has 1 fully saturated rings. The van der Waals surface area contributed by atoms with Crippen LogP contribution < -0.4 is 4.90 Å². The lowest BCUT2D eigenvalue weighted by molar-refractivity contribution is 0.0991. The lowest BCUT2D eigenvalue weighted by Crippen LogP contribution is -2.36. The number of hydrogen-bond donors (Lipinski definition) is 0. The summed E-state index contributed by atoms with van der Waals surface area (Å²) in [7, 11) is 1.83. The minimum absolute atomic E-state index is 0.0179. The van der Waals surface area contributed by atoms with Gasteiger partial charge in [0.15, 0.2) is 5.78 Å². The van der Waals surface area contributed by atoms with Gasteiger partial charge in [0, 0.05) is 42.8 Å². The Hall–Kier alpha value is -3.72. The van der Waals surface area contributed by atoms with Gasteiger partial charge < -0.3 is 9.64 Å². The summed E-state index contributed by atoms with van der Waals surface area (Å²) in [5.74, 6) is 0.781. The normalized spacial score (nSPS) is 14.2. The molecule has 9 heteroatoms. The number of fused-ring (bicyclic) bond motifs is 1. The number of hydrogen-bond acceptors (Lipinski definition) is 8. The van der Waals surface area contributed by atoms with E-state index >= 15 is 0 Å². The van der Waals surface area contributed by atoms with Crippen LogP contribution in [0.15, 0.2) is 48.8 Å². The number of aromatic nitrogens is 6. The molecule has 0 amide bonds. The quantitative estimate of drug-likeness (QED) is 0.457. The van der Waals surface area contributed by atoms with Crippen molar-refractivity contribution in [3.63, 3.8) is 0 Å². The lowest BCUT2D eigenvalue weighted by atomic mass is 10.0. The van der Waals surface area contributed by atoms with Gasteiger partial charge >= 0.3 is 0 Å². The monoisotopic (exact) mass is 415 g/mol. The molecule has 4 heterocycles. The zero-order valence-corrected chi connectivity index (χ0v) is 17.1. The second kappa shape index (κ2) is 8.19. The molecular formula is C22H21N7O2. The van der Waals surface area contributed by atoms with E-state index in [1.165, 1.54) is 0 Å². The van der Waals surface area contributed by atoms with Crippen LogP contribution in [0.25, 0.3) is 22.2 Å². The first-order valence-electron chi connectivity index (χ1n) is 10.1. The summed E-state index contributed by atoms with van der Waals surface area (Å²) in [6, 6.07) is 11.3. The molecule has 0 spiro atoms. The van der Waals surface area contributed by atoms with E-state index in [2.05, 4.69) is 30.4 Å². The number of nitrogens with zero attached hydrogens (tertiary/aromatic N) is 7. The topological polar surface area (TPSA) is 98.9 Å². The molecule has 3 aromatic heterocycles. The van der Waals surface area contributed by atoms with Crippen LogP contribution in [0.3, 0.4) is 0 Å². The van der Waals surface area contributed by atoms with E-state index in [1.807, 2.05) is 43.6 Å². The Morgan fingerprint density at radius 2 is 1.94 bits per heavy atom. The lowest BCUT2D eigenvalue weighted by Gasteiger charge is -2.27. The minimum Gasteiger partial charge on any atom is -0.378 e. The molecule has 1 aliphatic rings. The van der Waals surface area contributed by atoms with Crippen LogP contribution in [0.2, 0.25) is 0 Å². The molecule has 156 valence electrons. The van der Waals surface area contributed by atoms with Crippen molar-refractivity contribution in [1.82, 2.24) is 30.2 Å². The van der Waals surface area contributed by atoms with Crippen LogP contribution in [0.5, 0.6) is 0 Å². The molecule has 0 unspecified atom stereocenters. The van der Waals surface area contributed by atoms with E-state index in [1.54, 1.807) is 16.9 Å². The Bertz CT molecular complexity index is 1250. The fraction of sp³-hybridized carbons (Fsp3) is 0.273. The highest BCUT2D eigenvalue weighted by Gasteiger charge is 2.16. The smallest absolute Gasteiger partial charge is 0.169 e. The summed E-state index contributed by atoms with van der Waals surface area (Å²) in [4.78, 5) is 19.5. The molecule has 0 radical (unpaired) electrons. The van der Waals surface area contributed by atoms with E-state index in [-0.39, 0.29) is 12.2 Å². The molecule has 0 atom stereocenters. The Morgan fingerprint density at radius 3 is 2.74 bits per heavy atom. The van der Waals surface area contributed by atoms with Crippen LogP contribution in [0.1, 0.15) is 16.1 Å². The molecule has 1 aromatic carbocycles. The zero-order valence-electron chi connectivity index (χ0n) is 17.1. The highest BCUT2D eigenvalue weighted by molar-refractivity contribution is 5.98. The number of carbonyl (C=O) groups is 1. The highest BCUT2D eigenvalue weighted by Crippen LogP contribution is 2.22. The van der Waals surface area contributed by atoms with Crippen LogP contribution in [-0.4, -0.2) is 62.3 Å². The number of aryl methyl sites for hydroxylation is 1. The average Bonchev–Trinajstić information content (AvgIpc) is 3.25. The predicted molar refractivity (Wildman–Crippen MR) is 115 cm³/mol. The number of pyridine rings is 1. The summed E-state index contributed by atoms with van der Waals surface area (Å²) < 4.78 is 7.05. The number of carbonyl (C=O) groups excluding carboxylic acids is 1. The van der Waals surface area contributed by atoms with Crippen molar-refractivity contribution >= 4 is 22.5 Å². The maximum Gasteiger partial charge on any atom is 0.169 e. The fourth-order valence-corrected chi connectivity index (χ4v) is 3.64. The Kier molecular flexibility index (Phi) is 5.09. The molecule has 31 heavy (non-hydrogen) atoms. The fourth-order valence-electron chi connectivity index (χ4n) is 3.64. The molecule has 4 aromatic rings. The van der Waals surface area contributed by atoms with Crippen molar-refractivity contribution in [2.75, 3.05) is 31.2 Å². The van der Waals surface area contributed by atoms with Gasteiger partial charge in [0.1, 0.15) is 11.5 Å². The summed E-state index contributed by atoms with van der Waals surface area (Å²) >= 11 is 0. The van der Waals surface area contributed by atoms with Crippen molar-refractivity contribution in [3.05, 3.63) is 60.0 Å². The van der Waals surface area contributed by atoms with Crippen LogP contribution in [0, 0.1) is 0 Å². The number of ether oxygens (including phenoxy) is 1. The number of ketones is 1. The molecule has 0 N–H and O–H groups in total. The number of benzene rings is 1. The maximum atomic E-state index is 12.9. The molecule has 0 aliphatic carbocycles. The Labute approximate surface area is 178 Å². The molecule has 0 saturated carbocycles. The first-order chi connectivity index (χ1) is 15.2. The largest absolute Gasteiger partial charge is 0.378 e. The number of Topliss-reactive ketones (excluding diaryl/α,β-unsaturated/α-hetero) is 1. The summed E-state index contributed by atoms with van der Waals surface area (Å²) in [6.07, 6.45) is 3.71. The highest BCUT2D eigenvalue weighted by atomic mass is 16.5. The van der Waals surface area contributed by atoms with Gasteiger partial charge in [0.2, 0.25) is 0 Å². The van der Waals surface area contributed by atoms with E-state index in [4.69, 9.17) is 4.74 Å². The van der Waals surface area contributed by atoms with Gasteiger partial charge in [-0.15, -0.1) is 5.10 Å². The third-order valence-electron chi connectivity index (χ3n) is 5.28. The third kappa shape index (κ3) is 4.13. The SMILES string of the molecule is Cn1cc(-c2ccc3nnc(CC(=O)c4ccnc(N5CCOCC5)c4)cc3c2)nn1. The summed E-state index contributed by atoms with van der Waals surface area (Å²) in [5.41, 5.74) is 3.73. The Balaban J connectivity index is 1.37. The van der Waals surface area contributed by atoms with Gasteiger partial charge in [0.25, 0.3) is 0 Å². The van der Waals surface area contributed by atoms with Gasteiger partial charge in [-0.1, -0.05) is 11.3 Å². The van der Waals surface area contributed by atoms with Crippen molar-refractivity contribution in [2.24, 2.45) is 7.05 Å². The first kappa shape index (κ1) is 19.3. The number of rotatable bonds is 5. The standard InChI is InChI=1S/C22H21N7O2/c1-28-14-20(26-27-28)15-2-3-19-17(10-15)11-18(24-25-19)13-21(30)16-4-5-23-22(12-16)29-6-8-31-9-7-29/h2-5,10-12,14H,6-9,13H2,1H3. The van der Waals surface area contributed by atoms with Gasteiger partial charge in [-0.25, -0.2) is 4.98 Å². The third-order valence-corrected chi connectivity index (χ3v) is 5.28. The number of anilines is 1. The van der Waals surface area contributed by atoms with Crippen molar-refractivity contribution < 1.29 is 9.53 Å².